The summed E-state index contributed by atoms with van der Waals surface area (Å²) in [7, 11) is 3.27. The molecule has 0 aromatic heterocycles. The van der Waals surface area contributed by atoms with Crippen LogP contribution in [0.1, 0.15) is 24.8 Å². The summed E-state index contributed by atoms with van der Waals surface area (Å²) in [5, 5.41) is 2.92. The zero-order chi connectivity index (χ0) is 15.5. The van der Waals surface area contributed by atoms with Crippen molar-refractivity contribution in [3.63, 3.8) is 0 Å². The van der Waals surface area contributed by atoms with E-state index in [2.05, 4.69) is 5.32 Å². The molecule has 1 N–H and O–H groups in total. The highest BCUT2D eigenvalue weighted by molar-refractivity contribution is 5.83. The maximum atomic E-state index is 12.0. The smallest absolute Gasteiger partial charge is 0.227 e. The maximum absolute atomic E-state index is 12.0. The summed E-state index contributed by atoms with van der Waals surface area (Å²) in [6, 6.07) is 7.55. The van der Waals surface area contributed by atoms with Gasteiger partial charge in [-0.2, -0.15) is 0 Å². The molecule has 0 saturated heterocycles. The van der Waals surface area contributed by atoms with E-state index in [4.69, 9.17) is 14.2 Å². The van der Waals surface area contributed by atoms with Crippen molar-refractivity contribution in [1.82, 2.24) is 5.32 Å². The SMILES string of the molecule is COCCOCCCNC(=O)C(C)c1ccc(OC)cc1. The minimum absolute atomic E-state index is 0.0251. The average molecular weight is 295 g/mol. The number of hydrogen-bond acceptors (Lipinski definition) is 4. The van der Waals surface area contributed by atoms with Gasteiger partial charge in [-0.05, 0) is 31.0 Å². The van der Waals surface area contributed by atoms with Crippen LogP contribution in [0.4, 0.5) is 0 Å². The number of nitrogens with one attached hydrogen (secondary N) is 1. The van der Waals surface area contributed by atoms with E-state index >= 15 is 0 Å². The molecular weight excluding hydrogens is 270 g/mol. The van der Waals surface area contributed by atoms with Crippen molar-refractivity contribution in [2.75, 3.05) is 40.6 Å². The van der Waals surface area contributed by atoms with Crippen molar-refractivity contribution in [3.8, 4) is 5.75 Å². The Kier molecular flexibility index (Phi) is 8.47. The lowest BCUT2D eigenvalue weighted by Crippen LogP contribution is -2.29. The summed E-state index contributed by atoms with van der Waals surface area (Å²) in [4.78, 5) is 12.0. The molecule has 5 nitrogen and oxygen atoms in total. The van der Waals surface area contributed by atoms with Gasteiger partial charge in [0.2, 0.25) is 5.91 Å². The van der Waals surface area contributed by atoms with Gasteiger partial charge in [0.15, 0.2) is 0 Å². The van der Waals surface area contributed by atoms with Crippen molar-refractivity contribution >= 4 is 5.91 Å². The number of amides is 1. The summed E-state index contributed by atoms with van der Waals surface area (Å²) in [6.45, 7) is 4.33. The second kappa shape index (κ2) is 10.2. The highest BCUT2D eigenvalue weighted by Crippen LogP contribution is 2.19. The van der Waals surface area contributed by atoms with Crippen molar-refractivity contribution in [2.24, 2.45) is 0 Å². The number of methoxy groups -OCH3 is 2. The zero-order valence-electron chi connectivity index (χ0n) is 13.1. The van der Waals surface area contributed by atoms with E-state index in [9.17, 15) is 4.79 Å². The molecule has 0 aliphatic heterocycles. The fraction of sp³-hybridized carbons (Fsp3) is 0.562. The number of carbonyl (C=O) groups is 1. The summed E-state index contributed by atoms with van der Waals surface area (Å²) in [6.07, 6.45) is 0.796. The van der Waals surface area contributed by atoms with E-state index in [1.54, 1.807) is 14.2 Å². The van der Waals surface area contributed by atoms with Gasteiger partial charge >= 0.3 is 0 Å². The van der Waals surface area contributed by atoms with Crippen LogP contribution in [0.2, 0.25) is 0 Å². The molecule has 0 fully saturated rings. The Labute approximate surface area is 126 Å². The average Bonchev–Trinajstić information content (AvgIpc) is 2.53. The third kappa shape index (κ3) is 6.60. The Morgan fingerprint density at radius 2 is 1.86 bits per heavy atom. The Balaban J connectivity index is 2.24. The van der Waals surface area contributed by atoms with Gasteiger partial charge in [0.25, 0.3) is 0 Å². The van der Waals surface area contributed by atoms with Gasteiger partial charge in [-0.15, -0.1) is 0 Å². The molecule has 1 atom stereocenters. The molecule has 118 valence electrons. The Morgan fingerprint density at radius 1 is 1.14 bits per heavy atom. The number of rotatable bonds is 10. The predicted molar refractivity (Wildman–Crippen MR) is 81.7 cm³/mol. The molecule has 0 aliphatic carbocycles. The van der Waals surface area contributed by atoms with Crippen LogP contribution in [0.25, 0.3) is 0 Å². The quantitative estimate of drug-likeness (QED) is 0.671. The summed E-state index contributed by atoms with van der Waals surface area (Å²) in [5.74, 6) is 0.641. The standard InChI is InChI=1S/C16H25NO4/c1-13(14-5-7-15(20-3)8-6-14)16(18)17-9-4-10-21-12-11-19-2/h5-8,13H,4,9-12H2,1-3H3,(H,17,18). The molecule has 0 saturated carbocycles. The lowest BCUT2D eigenvalue weighted by atomic mass is 10.0. The van der Waals surface area contributed by atoms with E-state index in [-0.39, 0.29) is 11.8 Å². The normalized spacial score (nSPS) is 12.0. The molecule has 1 aromatic rings. The Morgan fingerprint density at radius 3 is 2.48 bits per heavy atom. The predicted octanol–water partition coefficient (Wildman–Crippen LogP) is 1.97. The summed E-state index contributed by atoms with van der Waals surface area (Å²) < 4.78 is 15.3. The molecule has 0 spiro atoms. The minimum atomic E-state index is -0.176. The van der Waals surface area contributed by atoms with Crippen LogP contribution >= 0.6 is 0 Å². The third-order valence-corrected chi connectivity index (χ3v) is 3.21. The second-order valence-corrected chi connectivity index (χ2v) is 4.74. The third-order valence-electron chi connectivity index (χ3n) is 3.21. The van der Waals surface area contributed by atoms with Gasteiger partial charge in [0.05, 0.1) is 26.2 Å². The largest absolute Gasteiger partial charge is 0.497 e. The lowest BCUT2D eigenvalue weighted by Gasteiger charge is -2.13. The first-order chi connectivity index (χ1) is 10.2. The fourth-order valence-electron chi connectivity index (χ4n) is 1.83. The first-order valence-corrected chi connectivity index (χ1v) is 7.17. The zero-order valence-corrected chi connectivity index (χ0v) is 13.1. The van der Waals surface area contributed by atoms with E-state index in [0.717, 1.165) is 17.7 Å². The van der Waals surface area contributed by atoms with Crippen molar-refractivity contribution < 1.29 is 19.0 Å². The van der Waals surface area contributed by atoms with Crippen LogP contribution in [-0.2, 0) is 14.3 Å². The van der Waals surface area contributed by atoms with Gasteiger partial charge in [-0.3, -0.25) is 4.79 Å². The molecular formula is C16H25NO4. The number of benzene rings is 1. The van der Waals surface area contributed by atoms with E-state index in [1.165, 1.54) is 0 Å². The maximum Gasteiger partial charge on any atom is 0.227 e. The monoisotopic (exact) mass is 295 g/mol. The topological polar surface area (TPSA) is 56.8 Å². The van der Waals surface area contributed by atoms with Crippen LogP contribution in [-0.4, -0.2) is 46.5 Å². The van der Waals surface area contributed by atoms with Gasteiger partial charge in [0, 0.05) is 20.3 Å². The first kappa shape index (κ1) is 17.5. The molecule has 1 unspecified atom stereocenters. The van der Waals surface area contributed by atoms with Crippen LogP contribution < -0.4 is 10.1 Å². The molecule has 0 radical (unpaired) electrons. The van der Waals surface area contributed by atoms with Crippen LogP contribution in [0.5, 0.6) is 5.75 Å². The number of ether oxygens (including phenoxy) is 3. The first-order valence-electron chi connectivity index (χ1n) is 7.17. The van der Waals surface area contributed by atoms with Gasteiger partial charge < -0.3 is 19.5 Å². The van der Waals surface area contributed by atoms with E-state index in [0.29, 0.717) is 26.4 Å². The molecule has 21 heavy (non-hydrogen) atoms. The summed E-state index contributed by atoms with van der Waals surface area (Å²) in [5.41, 5.74) is 0.977. The molecule has 5 heteroatoms. The number of hydrogen-bond donors (Lipinski definition) is 1. The second-order valence-electron chi connectivity index (χ2n) is 4.74. The minimum Gasteiger partial charge on any atom is -0.497 e. The molecule has 0 bridgehead atoms. The van der Waals surface area contributed by atoms with Gasteiger partial charge in [-0.25, -0.2) is 0 Å². The van der Waals surface area contributed by atoms with Crippen LogP contribution in [0, 0.1) is 0 Å². The van der Waals surface area contributed by atoms with E-state index < -0.39 is 0 Å². The molecule has 1 rings (SSSR count). The Bertz CT molecular complexity index is 405. The van der Waals surface area contributed by atoms with Gasteiger partial charge in [0.1, 0.15) is 5.75 Å². The van der Waals surface area contributed by atoms with Crippen LogP contribution in [0.3, 0.4) is 0 Å². The highest BCUT2D eigenvalue weighted by Gasteiger charge is 2.14. The lowest BCUT2D eigenvalue weighted by molar-refractivity contribution is -0.122. The molecule has 1 amide bonds. The molecule has 0 aliphatic rings. The highest BCUT2D eigenvalue weighted by atomic mass is 16.5. The summed E-state index contributed by atoms with van der Waals surface area (Å²) >= 11 is 0. The van der Waals surface area contributed by atoms with Crippen LogP contribution in [0.15, 0.2) is 24.3 Å². The number of carbonyl (C=O) groups excluding carboxylic acids is 1. The molecule has 1 aromatic carbocycles. The Hall–Kier alpha value is -1.59. The fourth-order valence-corrected chi connectivity index (χ4v) is 1.83. The van der Waals surface area contributed by atoms with Gasteiger partial charge in [-0.1, -0.05) is 12.1 Å². The van der Waals surface area contributed by atoms with E-state index in [1.807, 2.05) is 31.2 Å². The van der Waals surface area contributed by atoms with Crippen molar-refractivity contribution in [2.45, 2.75) is 19.3 Å². The molecule has 0 heterocycles. The van der Waals surface area contributed by atoms with Crippen molar-refractivity contribution in [3.05, 3.63) is 29.8 Å². The van der Waals surface area contributed by atoms with Crippen molar-refractivity contribution in [1.29, 1.82) is 0 Å².